The molecule has 12 heteroatoms. The second kappa shape index (κ2) is 26.6. The van der Waals surface area contributed by atoms with E-state index in [1.54, 1.807) is 21.3 Å². The molecule has 0 fully saturated rings. The number of rotatable bonds is 28. The van der Waals surface area contributed by atoms with Crippen LogP contribution in [-0.2, 0) is 46.9 Å². The monoisotopic (exact) mass is 552 g/mol. The number of ether oxygens (including phenoxy) is 9. The summed E-state index contributed by atoms with van der Waals surface area (Å²) in [6.45, 7) is 7.95. The molecule has 1 aromatic carbocycles. The van der Waals surface area contributed by atoms with Crippen molar-refractivity contribution in [3.63, 3.8) is 0 Å². The van der Waals surface area contributed by atoms with Crippen LogP contribution in [0.5, 0.6) is 5.75 Å². The minimum atomic E-state index is -1.32. The molecule has 37 heavy (non-hydrogen) atoms. The Kier molecular flexibility index (Phi) is 24.5. The molecule has 0 spiro atoms. The highest BCUT2D eigenvalue weighted by Gasteiger charge is 2.15. The molecular weight excluding hydrogens is 507 g/mol. The van der Waals surface area contributed by atoms with Crippen molar-refractivity contribution in [2.24, 2.45) is 0 Å². The fourth-order valence-electron chi connectivity index (χ4n) is 2.62. The van der Waals surface area contributed by atoms with Gasteiger partial charge in [0.25, 0.3) is 0 Å². The molecular formula is C25H45O11P. The van der Waals surface area contributed by atoms with Gasteiger partial charge in [-0.25, -0.2) is 0 Å². The van der Waals surface area contributed by atoms with E-state index >= 15 is 0 Å². The maximum Gasteiger partial charge on any atom is 0.205 e. The molecule has 0 unspecified atom stereocenters. The predicted octanol–water partition coefficient (Wildman–Crippen LogP) is 2.06. The van der Waals surface area contributed by atoms with E-state index in [-0.39, 0.29) is 0 Å². The molecule has 0 aliphatic carbocycles. The van der Waals surface area contributed by atoms with E-state index in [0.29, 0.717) is 106 Å². The standard InChI is InChI=1S/C25H45O11P/c1-26-7-10-29-13-14-32-15-16-33-17-20-34-24-5-4-6-25(23-24)37(35-21-18-30-11-8-27-2)36-22-19-31-12-9-28-3/h4-6,23H,7-22H2,1-3H3. The minimum absolute atomic E-state index is 0.403. The zero-order chi connectivity index (χ0) is 26.7. The molecule has 0 N–H and O–H groups in total. The Bertz CT molecular complexity index is 596. The van der Waals surface area contributed by atoms with Gasteiger partial charge in [-0.3, -0.25) is 0 Å². The zero-order valence-corrected chi connectivity index (χ0v) is 23.5. The van der Waals surface area contributed by atoms with Gasteiger partial charge < -0.3 is 51.7 Å². The van der Waals surface area contributed by atoms with Crippen LogP contribution >= 0.6 is 8.38 Å². The SMILES string of the molecule is COCCOCCOCCOCCOc1cccc(P(OCCOCCOC)OCCOCCOC)c1. The van der Waals surface area contributed by atoms with Gasteiger partial charge in [0.05, 0.1) is 99.1 Å². The van der Waals surface area contributed by atoms with Crippen molar-refractivity contribution >= 4 is 13.7 Å². The molecule has 0 radical (unpaired) electrons. The van der Waals surface area contributed by atoms with E-state index in [4.69, 9.17) is 51.7 Å². The summed E-state index contributed by atoms with van der Waals surface area (Å²) in [7, 11) is 3.60. The summed E-state index contributed by atoms with van der Waals surface area (Å²) < 4.78 is 60.0. The van der Waals surface area contributed by atoms with E-state index in [1.165, 1.54) is 0 Å². The first-order chi connectivity index (χ1) is 18.3. The Balaban J connectivity index is 2.32. The van der Waals surface area contributed by atoms with Gasteiger partial charge in [0, 0.05) is 26.6 Å². The normalized spacial score (nSPS) is 11.5. The second-order valence-electron chi connectivity index (χ2n) is 7.31. The van der Waals surface area contributed by atoms with Gasteiger partial charge in [-0.15, -0.1) is 0 Å². The summed E-state index contributed by atoms with van der Waals surface area (Å²) in [4.78, 5) is 0. The van der Waals surface area contributed by atoms with E-state index < -0.39 is 8.38 Å². The van der Waals surface area contributed by atoms with Gasteiger partial charge in [-0.1, -0.05) is 6.07 Å². The van der Waals surface area contributed by atoms with Gasteiger partial charge in [0.1, 0.15) is 12.4 Å². The largest absolute Gasteiger partial charge is 0.491 e. The second-order valence-corrected chi connectivity index (χ2v) is 8.86. The highest BCUT2D eigenvalue weighted by molar-refractivity contribution is 7.56. The van der Waals surface area contributed by atoms with Crippen molar-refractivity contribution < 1.29 is 51.7 Å². The van der Waals surface area contributed by atoms with Crippen LogP contribution in [0, 0.1) is 0 Å². The lowest BCUT2D eigenvalue weighted by Gasteiger charge is -2.19. The highest BCUT2D eigenvalue weighted by atomic mass is 31.2. The molecule has 0 aliphatic heterocycles. The van der Waals surface area contributed by atoms with Crippen LogP contribution in [0.4, 0.5) is 0 Å². The summed E-state index contributed by atoms with van der Waals surface area (Å²) in [5.41, 5.74) is 0. The molecule has 0 aliphatic rings. The zero-order valence-electron chi connectivity index (χ0n) is 22.6. The lowest BCUT2D eigenvalue weighted by atomic mass is 10.3. The molecule has 0 saturated carbocycles. The van der Waals surface area contributed by atoms with Crippen molar-refractivity contribution in [3.8, 4) is 5.75 Å². The third-order valence-electron chi connectivity index (χ3n) is 4.44. The smallest absolute Gasteiger partial charge is 0.205 e. The Morgan fingerprint density at radius 1 is 0.486 bits per heavy atom. The molecule has 0 heterocycles. The maximum atomic E-state index is 6.00. The topological polar surface area (TPSA) is 102 Å². The minimum Gasteiger partial charge on any atom is -0.491 e. The lowest BCUT2D eigenvalue weighted by Crippen LogP contribution is -2.15. The van der Waals surface area contributed by atoms with E-state index in [1.807, 2.05) is 24.3 Å². The van der Waals surface area contributed by atoms with Gasteiger partial charge in [-0.05, 0) is 18.2 Å². The van der Waals surface area contributed by atoms with E-state index in [2.05, 4.69) is 0 Å². The van der Waals surface area contributed by atoms with Crippen LogP contribution in [0.3, 0.4) is 0 Å². The Hall–Kier alpha value is -0.950. The Morgan fingerprint density at radius 2 is 0.892 bits per heavy atom. The molecule has 216 valence electrons. The van der Waals surface area contributed by atoms with Crippen molar-refractivity contribution in [2.45, 2.75) is 0 Å². The molecule has 0 amide bonds. The first-order valence-corrected chi connectivity index (χ1v) is 13.6. The van der Waals surface area contributed by atoms with Gasteiger partial charge in [-0.2, -0.15) is 0 Å². The first kappa shape index (κ1) is 34.1. The summed E-state index contributed by atoms with van der Waals surface area (Å²) in [5.74, 6) is 0.720. The predicted molar refractivity (Wildman–Crippen MR) is 140 cm³/mol. The van der Waals surface area contributed by atoms with Gasteiger partial charge in [0.15, 0.2) is 0 Å². The van der Waals surface area contributed by atoms with Crippen molar-refractivity contribution in [3.05, 3.63) is 24.3 Å². The molecule has 1 rings (SSSR count). The molecule has 0 aromatic heterocycles. The average molecular weight is 553 g/mol. The van der Waals surface area contributed by atoms with E-state index in [0.717, 1.165) is 11.1 Å². The first-order valence-electron chi connectivity index (χ1n) is 12.5. The summed E-state index contributed by atoms with van der Waals surface area (Å²) in [6, 6.07) is 7.70. The third kappa shape index (κ3) is 20.7. The Labute approximate surface area is 222 Å². The van der Waals surface area contributed by atoms with Gasteiger partial charge in [0.2, 0.25) is 8.38 Å². The molecule has 0 atom stereocenters. The van der Waals surface area contributed by atoms with E-state index in [9.17, 15) is 0 Å². The van der Waals surface area contributed by atoms with Crippen LogP contribution in [0.25, 0.3) is 0 Å². The van der Waals surface area contributed by atoms with Crippen LogP contribution in [0.1, 0.15) is 0 Å². The van der Waals surface area contributed by atoms with Gasteiger partial charge >= 0.3 is 0 Å². The summed E-state index contributed by atoms with van der Waals surface area (Å²) in [6.07, 6.45) is 0. The average Bonchev–Trinajstić information content (AvgIpc) is 2.92. The number of methoxy groups -OCH3 is 3. The fourth-order valence-corrected chi connectivity index (χ4v) is 3.92. The Morgan fingerprint density at radius 3 is 1.35 bits per heavy atom. The van der Waals surface area contributed by atoms with Crippen molar-refractivity contribution in [2.75, 3.05) is 127 Å². The highest BCUT2D eigenvalue weighted by Crippen LogP contribution is 2.37. The van der Waals surface area contributed by atoms with Crippen LogP contribution in [0.2, 0.25) is 0 Å². The molecule has 0 bridgehead atoms. The van der Waals surface area contributed by atoms with Crippen molar-refractivity contribution in [1.82, 2.24) is 0 Å². The molecule has 1 aromatic rings. The number of benzene rings is 1. The van der Waals surface area contributed by atoms with Crippen LogP contribution < -0.4 is 10.0 Å². The quantitative estimate of drug-likeness (QED) is 0.113. The number of hydrogen-bond donors (Lipinski definition) is 0. The third-order valence-corrected chi connectivity index (χ3v) is 5.97. The number of hydrogen-bond acceptors (Lipinski definition) is 11. The molecule has 0 saturated heterocycles. The van der Waals surface area contributed by atoms with Crippen LogP contribution in [0.15, 0.2) is 24.3 Å². The van der Waals surface area contributed by atoms with Crippen LogP contribution in [-0.4, -0.2) is 127 Å². The summed E-state index contributed by atoms with van der Waals surface area (Å²) >= 11 is 0. The summed E-state index contributed by atoms with van der Waals surface area (Å²) in [5, 5.41) is 0.906. The molecule has 11 nitrogen and oxygen atoms in total. The fraction of sp³-hybridized carbons (Fsp3) is 0.760. The lowest BCUT2D eigenvalue weighted by molar-refractivity contribution is 0.000166. The maximum absolute atomic E-state index is 6.00. The van der Waals surface area contributed by atoms with Crippen molar-refractivity contribution in [1.29, 1.82) is 0 Å².